The Morgan fingerprint density at radius 2 is 1.62 bits per heavy atom. The number of aromatic nitrogens is 2. The molecule has 5 nitrogen and oxygen atoms in total. The van der Waals surface area contributed by atoms with Crippen LogP contribution in [0.4, 0.5) is 11.5 Å². The normalized spacial score (nSPS) is 10.2. The molecule has 0 radical (unpaired) electrons. The molecule has 0 unspecified atom stereocenters. The first-order chi connectivity index (χ1) is 11.7. The van der Waals surface area contributed by atoms with Crippen molar-refractivity contribution in [3.63, 3.8) is 0 Å². The summed E-state index contributed by atoms with van der Waals surface area (Å²) in [7, 11) is 0. The molecule has 0 spiro atoms. The summed E-state index contributed by atoms with van der Waals surface area (Å²) in [6, 6.07) is 21.1. The Morgan fingerprint density at radius 1 is 0.958 bits per heavy atom. The molecule has 120 valence electrons. The summed E-state index contributed by atoms with van der Waals surface area (Å²) >= 11 is 0. The minimum absolute atomic E-state index is 0.222. The fraction of sp³-hybridized carbons (Fsp3) is 0.105. The van der Waals surface area contributed by atoms with E-state index in [0.29, 0.717) is 23.9 Å². The summed E-state index contributed by atoms with van der Waals surface area (Å²) in [6.07, 6.45) is 0. The number of hydrogen-bond acceptors (Lipinski definition) is 4. The van der Waals surface area contributed by atoms with Crippen molar-refractivity contribution in [2.24, 2.45) is 0 Å². The second kappa shape index (κ2) is 7.37. The van der Waals surface area contributed by atoms with Crippen LogP contribution in [0.5, 0.6) is 0 Å². The number of nitrogens with zero attached hydrogens (tertiary/aromatic N) is 2. The highest BCUT2D eigenvalue weighted by molar-refractivity contribution is 5.93. The molecule has 0 aliphatic heterocycles. The average molecular weight is 318 g/mol. The van der Waals surface area contributed by atoms with Gasteiger partial charge >= 0.3 is 0 Å². The summed E-state index contributed by atoms with van der Waals surface area (Å²) in [4.78, 5) is 20.9. The number of benzene rings is 2. The van der Waals surface area contributed by atoms with Crippen molar-refractivity contribution in [3.8, 4) is 0 Å². The third-order valence-electron chi connectivity index (χ3n) is 3.41. The first-order valence-electron chi connectivity index (χ1n) is 7.70. The number of para-hydroxylation sites is 1. The first kappa shape index (κ1) is 15.7. The molecule has 1 amide bonds. The highest BCUT2D eigenvalue weighted by atomic mass is 16.1. The number of nitrogens with one attached hydrogen (secondary N) is 2. The Kier molecular flexibility index (Phi) is 4.81. The van der Waals surface area contributed by atoms with Crippen molar-refractivity contribution in [1.82, 2.24) is 15.3 Å². The van der Waals surface area contributed by atoms with E-state index in [0.717, 1.165) is 11.3 Å². The predicted molar refractivity (Wildman–Crippen MR) is 94.1 cm³/mol. The molecular weight excluding hydrogens is 300 g/mol. The van der Waals surface area contributed by atoms with E-state index < -0.39 is 0 Å². The lowest BCUT2D eigenvalue weighted by atomic mass is 10.2. The summed E-state index contributed by atoms with van der Waals surface area (Å²) in [5, 5.41) is 6.06. The van der Waals surface area contributed by atoms with Gasteiger partial charge in [0.15, 0.2) is 0 Å². The van der Waals surface area contributed by atoms with Gasteiger partial charge in [-0.1, -0.05) is 48.5 Å². The number of carbonyl (C=O) groups excluding carboxylic acids is 1. The van der Waals surface area contributed by atoms with E-state index in [1.165, 1.54) is 0 Å². The number of carbonyl (C=O) groups is 1. The molecule has 0 saturated carbocycles. The molecular formula is C19H18N4O. The van der Waals surface area contributed by atoms with Crippen molar-refractivity contribution >= 4 is 17.4 Å². The van der Waals surface area contributed by atoms with Crippen molar-refractivity contribution < 1.29 is 4.79 Å². The van der Waals surface area contributed by atoms with Gasteiger partial charge in [-0.2, -0.15) is 0 Å². The van der Waals surface area contributed by atoms with Gasteiger partial charge in [0.2, 0.25) is 0 Å². The quantitative estimate of drug-likeness (QED) is 0.756. The average Bonchev–Trinajstić information content (AvgIpc) is 2.61. The third-order valence-corrected chi connectivity index (χ3v) is 3.41. The minimum atomic E-state index is -0.222. The standard InChI is InChI=1S/C19H18N4O/c1-14-21-17(19(24)20-13-15-8-4-2-5-9-15)12-18(22-14)23-16-10-6-3-7-11-16/h2-12H,13H2,1H3,(H,20,24)(H,21,22,23). The van der Waals surface area contributed by atoms with E-state index in [9.17, 15) is 4.79 Å². The lowest BCUT2D eigenvalue weighted by Crippen LogP contribution is -2.24. The summed E-state index contributed by atoms with van der Waals surface area (Å²) in [5.41, 5.74) is 2.29. The summed E-state index contributed by atoms with van der Waals surface area (Å²) in [5.74, 6) is 0.916. The third kappa shape index (κ3) is 4.16. The van der Waals surface area contributed by atoms with Crippen molar-refractivity contribution in [2.75, 3.05) is 5.32 Å². The van der Waals surface area contributed by atoms with E-state index in [1.807, 2.05) is 60.7 Å². The van der Waals surface area contributed by atoms with Gasteiger partial charge in [0.25, 0.3) is 5.91 Å². The fourth-order valence-corrected chi connectivity index (χ4v) is 2.29. The van der Waals surface area contributed by atoms with E-state index >= 15 is 0 Å². The van der Waals surface area contributed by atoms with E-state index in [4.69, 9.17) is 0 Å². The lowest BCUT2D eigenvalue weighted by Gasteiger charge is -2.09. The topological polar surface area (TPSA) is 66.9 Å². The van der Waals surface area contributed by atoms with Crippen molar-refractivity contribution in [3.05, 3.63) is 83.8 Å². The zero-order chi connectivity index (χ0) is 16.8. The van der Waals surface area contributed by atoms with Crippen LogP contribution in [0.25, 0.3) is 0 Å². The summed E-state index contributed by atoms with van der Waals surface area (Å²) in [6.45, 7) is 2.23. The van der Waals surface area contributed by atoms with Crippen LogP contribution in [0.3, 0.4) is 0 Å². The zero-order valence-electron chi connectivity index (χ0n) is 13.4. The lowest BCUT2D eigenvalue weighted by molar-refractivity contribution is 0.0945. The van der Waals surface area contributed by atoms with Gasteiger partial charge in [-0.3, -0.25) is 4.79 Å². The zero-order valence-corrected chi connectivity index (χ0v) is 13.4. The number of aryl methyl sites for hydroxylation is 1. The maximum absolute atomic E-state index is 12.3. The van der Waals surface area contributed by atoms with E-state index in [-0.39, 0.29) is 5.91 Å². The molecule has 0 aliphatic carbocycles. The first-order valence-corrected chi connectivity index (χ1v) is 7.70. The monoisotopic (exact) mass is 318 g/mol. The predicted octanol–water partition coefficient (Wildman–Crippen LogP) is 3.46. The number of hydrogen-bond donors (Lipinski definition) is 2. The Labute approximate surface area is 140 Å². The molecule has 2 N–H and O–H groups in total. The molecule has 0 aliphatic rings. The van der Waals surface area contributed by atoms with Crippen LogP contribution < -0.4 is 10.6 Å². The van der Waals surface area contributed by atoms with Gasteiger partial charge in [0, 0.05) is 18.3 Å². The molecule has 3 rings (SSSR count). The van der Waals surface area contributed by atoms with Crippen molar-refractivity contribution in [2.45, 2.75) is 13.5 Å². The van der Waals surface area contributed by atoms with Gasteiger partial charge < -0.3 is 10.6 Å². The minimum Gasteiger partial charge on any atom is -0.347 e. The van der Waals surface area contributed by atoms with Gasteiger partial charge in [0.05, 0.1) is 0 Å². The van der Waals surface area contributed by atoms with Crippen LogP contribution in [-0.2, 0) is 6.54 Å². The maximum atomic E-state index is 12.3. The Hall–Kier alpha value is -3.21. The van der Waals surface area contributed by atoms with Crippen LogP contribution in [0.2, 0.25) is 0 Å². The molecule has 1 heterocycles. The van der Waals surface area contributed by atoms with Crippen LogP contribution in [0, 0.1) is 6.92 Å². The Bertz CT molecular complexity index is 819. The second-order valence-corrected chi connectivity index (χ2v) is 5.34. The Morgan fingerprint density at radius 3 is 2.33 bits per heavy atom. The van der Waals surface area contributed by atoms with Gasteiger partial charge in [-0.15, -0.1) is 0 Å². The molecule has 0 saturated heterocycles. The Balaban J connectivity index is 1.72. The van der Waals surface area contributed by atoms with Crippen molar-refractivity contribution in [1.29, 1.82) is 0 Å². The fourth-order valence-electron chi connectivity index (χ4n) is 2.29. The van der Waals surface area contributed by atoms with Crippen LogP contribution in [0.15, 0.2) is 66.7 Å². The number of amides is 1. The van der Waals surface area contributed by atoms with Gasteiger partial charge in [-0.05, 0) is 24.6 Å². The highest BCUT2D eigenvalue weighted by Gasteiger charge is 2.10. The van der Waals surface area contributed by atoms with E-state index in [2.05, 4.69) is 20.6 Å². The largest absolute Gasteiger partial charge is 0.347 e. The van der Waals surface area contributed by atoms with Gasteiger partial charge in [-0.25, -0.2) is 9.97 Å². The molecule has 3 aromatic rings. The van der Waals surface area contributed by atoms with Gasteiger partial charge in [0.1, 0.15) is 17.3 Å². The molecule has 0 atom stereocenters. The summed E-state index contributed by atoms with van der Waals surface area (Å²) < 4.78 is 0. The molecule has 24 heavy (non-hydrogen) atoms. The van der Waals surface area contributed by atoms with Crippen LogP contribution in [0.1, 0.15) is 21.9 Å². The van der Waals surface area contributed by atoms with Crippen LogP contribution >= 0.6 is 0 Å². The highest BCUT2D eigenvalue weighted by Crippen LogP contribution is 2.15. The maximum Gasteiger partial charge on any atom is 0.270 e. The smallest absolute Gasteiger partial charge is 0.270 e. The SMILES string of the molecule is Cc1nc(Nc2ccccc2)cc(C(=O)NCc2ccccc2)n1. The molecule has 2 aromatic carbocycles. The van der Waals surface area contributed by atoms with E-state index in [1.54, 1.807) is 13.0 Å². The molecule has 0 fully saturated rings. The molecule has 1 aromatic heterocycles. The molecule has 5 heteroatoms. The van der Waals surface area contributed by atoms with Crippen LogP contribution in [-0.4, -0.2) is 15.9 Å². The number of rotatable bonds is 5. The second-order valence-electron chi connectivity index (χ2n) is 5.34. The number of anilines is 2. The molecule has 0 bridgehead atoms.